The third kappa shape index (κ3) is 3.74. The van der Waals surface area contributed by atoms with Gasteiger partial charge in [0.2, 0.25) is 0 Å². The molecule has 2 saturated heterocycles. The summed E-state index contributed by atoms with van der Waals surface area (Å²) in [5, 5.41) is -1.15. The molecule has 6 atom stereocenters. The molecule has 2 bridgehead atoms. The van der Waals surface area contributed by atoms with Crippen molar-refractivity contribution in [1.29, 1.82) is 0 Å². The molecule has 2 heterocycles. The molecule has 0 spiro atoms. The Morgan fingerprint density at radius 1 is 1.12 bits per heavy atom. The van der Waals surface area contributed by atoms with Gasteiger partial charge in [0.15, 0.2) is 12.7 Å². The van der Waals surface area contributed by atoms with Crippen molar-refractivity contribution in [3.05, 3.63) is 12.2 Å². The van der Waals surface area contributed by atoms with Crippen LogP contribution in [-0.4, -0.2) is 76.8 Å². The van der Waals surface area contributed by atoms with Crippen LogP contribution in [0.3, 0.4) is 0 Å². The van der Waals surface area contributed by atoms with Crippen LogP contribution in [-0.2, 0) is 48.8 Å². The highest BCUT2D eigenvalue weighted by atomic mass is 32.2. The second-order valence-corrected chi connectivity index (χ2v) is 7.07. The third-order valence-electron chi connectivity index (χ3n) is 4.27. The average Bonchev–Trinajstić information content (AvgIpc) is 3.14. The Morgan fingerprint density at radius 3 is 2.27 bits per heavy atom. The van der Waals surface area contributed by atoms with Crippen LogP contribution < -0.4 is 0 Å². The SMILES string of the molecule is C=C(C)C(=O)OCC(=O)OC1C(OC)C2OC1C(C(=O)OC)C2[SH](=O)=O. The van der Waals surface area contributed by atoms with E-state index in [1.54, 1.807) is 0 Å². The zero-order chi connectivity index (χ0) is 19.6. The van der Waals surface area contributed by atoms with Crippen molar-refractivity contribution in [3.63, 3.8) is 0 Å². The normalized spacial score (nSPS) is 32.3. The second-order valence-electron chi connectivity index (χ2n) is 5.90. The first-order valence-electron chi connectivity index (χ1n) is 7.64. The fourth-order valence-electron chi connectivity index (χ4n) is 3.17. The van der Waals surface area contributed by atoms with Crippen molar-refractivity contribution >= 4 is 28.6 Å². The second kappa shape index (κ2) is 8.14. The first kappa shape index (κ1) is 20.3. The Kier molecular flexibility index (Phi) is 6.37. The number of methoxy groups -OCH3 is 2. The van der Waals surface area contributed by atoms with Crippen LogP contribution >= 0.6 is 0 Å². The Balaban J connectivity index is 2.13. The number of carbonyl (C=O) groups excluding carboxylic acids is 3. The number of fused-ring (bicyclic) bond motifs is 2. The lowest BCUT2D eigenvalue weighted by atomic mass is 9.84. The molecule has 0 aliphatic carbocycles. The van der Waals surface area contributed by atoms with Gasteiger partial charge in [0.25, 0.3) is 0 Å². The summed E-state index contributed by atoms with van der Waals surface area (Å²) in [6.07, 6.45) is -3.96. The highest BCUT2D eigenvalue weighted by Gasteiger charge is 2.65. The molecule has 0 aromatic carbocycles. The monoisotopic (exact) mass is 392 g/mol. The Morgan fingerprint density at radius 2 is 1.77 bits per heavy atom. The summed E-state index contributed by atoms with van der Waals surface area (Å²) in [6, 6.07) is 0. The number of carbonyl (C=O) groups is 3. The molecule has 6 unspecified atom stereocenters. The first-order chi connectivity index (χ1) is 12.2. The molecule has 0 aromatic rings. The maximum absolute atomic E-state index is 12.0. The average molecular weight is 392 g/mol. The van der Waals surface area contributed by atoms with E-state index in [4.69, 9.17) is 18.9 Å². The molecule has 26 heavy (non-hydrogen) atoms. The van der Waals surface area contributed by atoms with Gasteiger partial charge < -0.3 is 23.7 Å². The van der Waals surface area contributed by atoms with Crippen molar-refractivity contribution in [2.45, 2.75) is 36.6 Å². The van der Waals surface area contributed by atoms with Crippen LogP contribution in [0.2, 0.25) is 0 Å². The molecule has 0 saturated carbocycles. The molecule has 0 aromatic heterocycles. The van der Waals surface area contributed by atoms with Gasteiger partial charge in [-0.2, -0.15) is 0 Å². The van der Waals surface area contributed by atoms with Gasteiger partial charge in [-0.15, -0.1) is 0 Å². The lowest BCUT2D eigenvalue weighted by Gasteiger charge is -2.33. The van der Waals surface area contributed by atoms with Gasteiger partial charge in [-0.25, -0.2) is 18.0 Å². The van der Waals surface area contributed by atoms with Gasteiger partial charge in [-0.05, 0) is 6.92 Å². The van der Waals surface area contributed by atoms with E-state index in [9.17, 15) is 22.8 Å². The molecule has 0 radical (unpaired) electrons. The zero-order valence-corrected chi connectivity index (χ0v) is 15.3. The summed E-state index contributed by atoms with van der Waals surface area (Å²) in [5.74, 6) is -3.58. The largest absolute Gasteiger partial charge is 0.469 e. The van der Waals surface area contributed by atoms with Crippen molar-refractivity contribution in [1.82, 2.24) is 0 Å². The fraction of sp³-hybridized carbons (Fsp3) is 0.667. The highest BCUT2D eigenvalue weighted by molar-refractivity contribution is 7.73. The van der Waals surface area contributed by atoms with Crippen LogP contribution in [0.4, 0.5) is 0 Å². The molecule has 2 aliphatic heterocycles. The third-order valence-corrected chi connectivity index (χ3v) is 5.37. The zero-order valence-electron chi connectivity index (χ0n) is 14.4. The summed E-state index contributed by atoms with van der Waals surface area (Å²) >= 11 is 0. The maximum atomic E-state index is 12.0. The summed E-state index contributed by atoms with van der Waals surface area (Å²) in [5.41, 5.74) is 0.115. The Labute approximate surface area is 151 Å². The predicted molar refractivity (Wildman–Crippen MR) is 84.7 cm³/mol. The molecular weight excluding hydrogens is 372 g/mol. The molecule has 2 fully saturated rings. The van der Waals surface area contributed by atoms with Gasteiger partial charge in [-0.1, -0.05) is 6.58 Å². The van der Waals surface area contributed by atoms with E-state index in [1.165, 1.54) is 14.0 Å². The van der Waals surface area contributed by atoms with Gasteiger partial charge >= 0.3 is 17.9 Å². The maximum Gasteiger partial charge on any atom is 0.344 e. The minimum absolute atomic E-state index is 0.115. The summed E-state index contributed by atoms with van der Waals surface area (Å²) in [7, 11) is -0.589. The summed E-state index contributed by atoms with van der Waals surface area (Å²) in [6.45, 7) is 4.13. The van der Waals surface area contributed by atoms with Crippen molar-refractivity contribution < 1.29 is 46.5 Å². The Bertz CT molecular complexity index is 676. The van der Waals surface area contributed by atoms with E-state index < -0.39 is 70.8 Å². The predicted octanol–water partition coefficient (Wildman–Crippen LogP) is -1.42. The first-order valence-corrected chi connectivity index (χ1v) is 8.89. The number of hydrogen-bond donors (Lipinski definition) is 1. The van der Waals surface area contributed by atoms with Gasteiger partial charge in [0, 0.05) is 12.7 Å². The van der Waals surface area contributed by atoms with Crippen LogP contribution in [0.25, 0.3) is 0 Å². The topological polar surface area (TPSA) is 132 Å². The summed E-state index contributed by atoms with van der Waals surface area (Å²) < 4.78 is 48.5. The summed E-state index contributed by atoms with van der Waals surface area (Å²) in [4.78, 5) is 35.3. The van der Waals surface area contributed by atoms with Crippen LogP contribution in [0.15, 0.2) is 12.2 Å². The lowest BCUT2D eigenvalue weighted by Crippen LogP contribution is -2.55. The number of esters is 3. The van der Waals surface area contributed by atoms with Crippen molar-refractivity contribution in [2.24, 2.45) is 5.92 Å². The highest BCUT2D eigenvalue weighted by Crippen LogP contribution is 2.44. The quantitative estimate of drug-likeness (QED) is 0.238. The minimum Gasteiger partial charge on any atom is -0.469 e. The van der Waals surface area contributed by atoms with E-state index >= 15 is 0 Å². The standard InChI is InChI=1S/C15H20O10S/c1-6(2)14(17)23-5-7(16)24-11-9-8(15(18)22-4)13(26(19)20)12(25-9)10(11)21-3/h8-13,26H,1,5H2,2-4H3. The molecule has 2 aliphatic rings. The lowest BCUT2D eigenvalue weighted by molar-refractivity contribution is -0.170. The molecule has 0 N–H and O–H groups in total. The fourth-order valence-corrected chi connectivity index (χ4v) is 4.20. The minimum atomic E-state index is -3.01. The van der Waals surface area contributed by atoms with Crippen LogP contribution in [0, 0.1) is 5.92 Å². The smallest absolute Gasteiger partial charge is 0.344 e. The van der Waals surface area contributed by atoms with Crippen molar-refractivity contribution in [3.8, 4) is 0 Å². The van der Waals surface area contributed by atoms with Gasteiger partial charge in [0.1, 0.15) is 40.2 Å². The molecular formula is C15H20O10S. The number of ether oxygens (including phenoxy) is 5. The molecule has 10 nitrogen and oxygen atoms in total. The van der Waals surface area contributed by atoms with E-state index in [2.05, 4.69) is 11.3 Å². The number of thiol groups is 1. The van der Waals surface area contributed by atoms with E-state index in [1.807, 2.05) is 0 Å². The van der Waals surface area contributed by atoms with Crippen molar-refractivity contribution in [2.75, 3.05) is 20.8 Å². The van der Waals surface area contributed by atoms with Gasteiger partial charge in [0.05, 0.1) is 7.11 Å². The molecule has 11 heteroatoms. The molecule has 0 amide bonds. The molecule has 2 rings (SSSR count). The van der Waals surface area contributed by atoms with E-state index in [0.717, 1.165) is 7.11 Å². The molecule has 146 valence electrons. The Hall–Kier alpha value is -1.98. The van der Waals surface area contributed by atoms with Crippen LogP contribution in [0.1, 0.15) is 6.92 Å². The number of rotatable bonds is 7. The van der Waals surface area contributed by atoms with E-state index in [-0.39, 0.29) is 5.57 Å². The van der Waals surface area contributed by atoms with Gasteiger partial charge in [-0.3, -0.25) is 4.79 Å². The van der Waals surface area contributed by atoms with Crippen LogP contribution in [0.5, 0.6) is 0 Å². The number of hydrogen-bond acceptors (Lipinski definition) is 10. The van der Waals surface area contributed by atoms with E-state index in [0.29, 0.717) is 0 Å².